The van der Waals surface area contributed by atoms with Crippen LogP contribution in [0.25, 0.3) is 6.08 Å². The first-order valence-corrected chi connectivity index (χ1v) is 10.8. The molecule has 2 saturated heterocycles. The Labute approximate surface area is 160 Å². The van der Waals surface area contributed by atoms with Crippen LogP contribution in [-0.4, -0.2) is 66.4 Å². The molecular weight excluding hydrogens is 395 g/mol. The molecule has 144 valence electrons. The van der Waals surface area contributed by atoms with Crippen LogP contribution in [0, 0.1) is 5.82 Å². The van der Waals surface area contributed by atoms with E-state index in [0.717, 1.165) is 4.90 Å². The molecule has 2 heterocycles. The minimum Gasteiger partial charge on any atom is -0.340 e. The third kappa shape index (κ3) is 4.22. The molecule has 0 saturated carbocycles. The van der Waals surface area contributed by atoms with Gasteiger partial charge in [-0.15, -0.1) is 0 Å². The van der Waals surface area contributed by atoms with Crippen LogP contribution in [0.5, 0.6) is 0 Å². The summed E-state index contributed by atoms with van der Waals surface area (Å²) in [6.45, 7) is -0.480. The number of thioether (sulfide) groups is 1. The lowest BCUT2D eigenvalue weighted by Crippen LogP contribution is -2.45. The van der Waals surface area contributed by atoms with Gasteiger partial charge in [0.15, 0.2) is 9.84 Å². The zero-order valence-electron chi connectivity index (χ0n) is 14.4. The van der Waals surface area contributed by atoms with Crippen molar-refractivity contribution < 1.29 is 27.2 Å². The van der Waals surface area contributed by atoms with Crippen molar-refractivity contribution >= 4 is 44.7 Å². The van der Waals surface area contributed by atoms with Crippen LogP contribution >= 0.6 is 11.8 Å². The Bertz CT molecular complexity index is 944. The lowest BCUT2D eigenvalue weighted by molar-refractivity contribution is -0.136. The van der Waals surface area contributed by atoms with E-state index in [2.05, 4.69) is 0 Å². The Morgan fingerprint density at radius 3 is 2.70 bits per heavy atom. The average molecular weight is 412 g/mol. The van der Waals surface area contributed by atoms with Crippen molar-refractivity contribution in [3.05, 3.63) is 40.6 Å². The highest BCUT2D eigenvalue weighted by molar-refractivity contribution is 8.18. The van der Waals surface area contributed by atoms with Gasteiger partial charge in [0.25, 0.3) is 11.1 Å². The van der Waals surface area contributed by atoms with Gasteiger partial charge in [0.2, 0.25) is 5.91 Å². The summed E-state index contributed by atoms with van der Waals surface area (Å²) in [5, 5.41) is -0.622. The minimum absolute atomic E-state index is 0.0161. The molecule has 0 bridgehead atoms. The zero-order valence-corrected chi connectivity index (χ0v) is 16.1. The number of halogens is 1. The smallest absolute Gasteiger partial charge is 0.294 e. The molecule has 3 amide bonds. The number of rotatable bonds is 4. The van der Waals surface area contributed by atoms with Gasteiger partial charge in [-0.2, -0.15) is 0 Å². The van der Waals surface area contributed by atoms with Crippen molar-refractivity contribution in [1.29, 1.82) is 0 Å². The molecule has 27 heavy (non-hydrogen) atoms. The molecule has 0 aliphatic carbocycles. The van der Waals surface area contributed by atoms with E-state index in [0.29, 0.717) is 18.2 Å². The quantitative estimate of drug-likeness (QED) is 0.696. The van der Waals surface area contributed by atoms with Gasteiger partial charge in [0.05, 0.1) is 16.4 Å². The summed E-state index contributed by atoms with van der Waals surface area (Å²) in [6.07, 6.45) is 1.61. The van der Waals surface area contributed by atoms with E-state index in [1.807, 2.05) is 0 Å². The van der Waals surface area contributed by atoms with E-state index >= 15 is 0 Å². The SMILES string of the molecule is CN(C(=O)CN1C(=O)S/C(=C\c2ccccc2F)C1=O)[C@@H]1CCS(=O)(=O)C1. The molecule has 7 nitrogen and oxygen atoms in total. The van der Waals surface area contributed by atoms with E-state index in [4.69, 9.17) is 0 Å². The molecule has 2 fully saturated rings. The van der Waals surface area contributed by atoms with Gasteiger partial charge >= 0.3 is 0 Å². The molecule has 0 unspecified atom stereocenters. The molecule has 0 aromatic heterocycles. The molecule has 1 aromatic carbocycles. The number of imide groups is 1. The second-order valence-corrected chi connectivity index (χ2v) is 9.57. The number of sulfone groups is 1. The second-order valence-electron chi connectivity index (χ2n) is 6.35. The zero-order chi connectivity index (χ0) is 19.8. The maximum Gasteiger partial charge on any atom is 0.294 e. The van der Waals surface area contributed by atoms with Crippen molar-refractivity contribution in [1.82, 2.24) is 9.80 Å². The number of hydrogen-bond donors (Lipinski definition) is 0. The lowest BCUT2D eigenvalue weighted by Gasteiger charge is -2.25. The van der Waals surface area contributed by atoms with Crippen LogP contribution < -0.4 is 0 Å². The van der Waals surface area contributed by atoms with Crippen LogP contribution in [-0.2, 0) is 19.4 Å². The molecule has 1 aromatic rings. The Kier molecular flexibility index (Phi) is 5.38. The predicted molar refractivity (Wildman–Crippen MR) is 98.9 cm³/mol. The average Bonchev–Trinajstić information content (AvgIpc) is 3.10. The van der Waals surface area contributed by atoms with Crippen LogP contribution in [0.3, 0.4) is 0 Å². The largest absolute Gasteiger partial charge is 0.340 e. The summed E-state index contributed by atoms with van der Waals surface area (Å²) < 4.78 is 36.9. The van der Waals surface area contributed by atoms with Gasteiger partial charge in [0, 0.05) is 18.7 Å². The van der Waals surface area contributed by atoms with E-state index in [9.17, 15) is 27.2 Å². The number of hydrogen-bond acceptors (Lipinski definition) is 6. The highest BCUT2D eigenvalue weighted by Crippen LogP contribution is 2.32. The Balaban J connectivity index is 1.70. The number of carbonyl (C=O) groups excluding carboxylic acids is 3. The maximum atomic E-state index is 13.7. The monoisotopic (exact) mass is 412 g/mol. The molecule has 0 N–H and O–H groups in total. The van der Waals surface area contributed by atoms with Gasteiger partial charge in [-0.25, -0.2) is 12.8 Å². The van der Waals surface area contributed by atoms with E-state index in [1.54, 1.807) is 6.07 Å². The normalized spacial score (nSPS) is 23.3. The number of carbonyl (C=O) groups is 3. The summed E-state index contributed by atoms with van der Waals surface area (Å²) in [5.41, 5.74) is 0.169. The van der Waals surface area contributed by atoms with Crippen molar-refractivity contribution in [3.63, 3.8) is 0 Å². The summed E-state index contributed by atoms with van der Waals surface area (Å²) in [4.78, 5) is 39.1. The van der Waals surface area contributed by atoms with Gasteiger partial charge < -0.3 is 4.90 Å². The summed E-state index contributed by atoms with van der Waals surface area (Å²) in [6, 6.07) is 5.37. The fourth-order valence-electron chi connectivity index (χ4n) is 2.90. The summed E-state index contributed by atoms with van der Waals surface area (Å²) in [5.74, 6) is -1.82. The van der Waals surface area contributed by atoms with Crippen LogP contribution in [0.15, 0.2) is 29.2 Å². The number of nitrogens with zero attached hydrogens (tertiary/aromatic N) is 2. The van der Waals surface area contributed by atoms with Crippen LogP contribution in [0.2, 0.25) is 0 Å². The topological polar surface area (TPSA) is 91.8 Å². The fraction of sp³-hybridized carbons (Fsp3) is 0.353. The Hall–Kier alpha value is -2.20. The lowest BCUT2D eigenvalue weighted by atomic mass is 10.2. The van der Waals surface area contributed by atoms with Gasteiger partial charge in [-0.05, 0) is 30.3 Å². The summed E-state index contributed by atoms with van der Waals surface area (Å²) >= 11 is 0.636. The second kappa shape index (κ2) is 7.43. The van der Waals surface area contributed by atoms with Crippen molar-refractivity contribution in [2.24, 2.45) is 0 Å². The van der Waals surface area contributed by atoms with Gasteiger partial charge in [0.1, 0.15) is 12.4 Å². The standard InChI is InChI=1S/C17H17FN2O5S2/c1-19(12-6-7-27(24,25)10-12)15(21)9-20-16(22)14(26-17(20)23)8-11-4-2-3-5-13(11)18/h2-5,8,12H,6-7,9-10H2,1H3/b14-8-/t12-/m1/s1. The van der Waals surface area contributed by atoms with Crippen molar-refractivity contribution in [2.75, 3.05) is 25.1 Å². The minimum atomic E-state index is -3.16. The van der Waals surface area contributed by atoms with Gasteiger partial charge in [-0.1, -0.05) is 18.2 Å². The molecule has 10 heteroatoms. The fourth-order valence-corrected chi connectivity index (χ4v) is 5.50. The predicted octanol–water partition coefficient (Wildman–Crippen LogP) is 1.51. The molecule has 3 rings (SSSR count). The highest BCUT2D eigenvalue weighted by Gasteiger charge is 2.39. The maximum absolute atomic E-state index is 13.7. The van der Waals surface area contributed by atoms with Crippen molar-refractivity contribution in [2.45, 2.75) is 12.5 Å². The van der Waals surface area contributed by atoms with Crippen molar-refractivity contribution in [3.8, 4) is 0 Å². The third-order valence-corrected chi connectivity index (χ3v) is 7.17. The molecular formula is C17H17FN2O5S2. The first-order valence-electron chi connectivity index (χ1n) is 8.14. The molecule has 0 radical (unpaired) electrons. The van der Waals surface area contributed by atoms with Crippen LogP contribution in [0.1, 0.15) is 12.0 Å². The molecule has 1 atom stereocenters. The molecule has 0 spiro atoms. The molecule has 2 aliphatic heterocycles. The number of amides is 3. The van der Waals surface area contributed by atoms with E-state index in [1.165, 1.54) is 36.2 Å². The van der Waals surface area contributed by atoms with E-state index < -0.39 is 45.3 Å². The van der Waals surface area contributed by atoms with Crippen LogP contribution in [0.4, 0.5) is 9.18 Å². The van der Waals surface area contributed by atoms with E-state index in [-0.39, 0.29) is 22.0 Å². The van der Waals surface area contributed by atoms with Gasteiger partial charge in [-0.3, -0.25) is 19.3 Å². The highest BCUT2D eigenvalue weighted by atomic mass is 32.2. The number of likely N-dealkylation sites (N-methyl/N-ethyl adjacent to an activating group) is 1. The Morgan fingerprint density at radius 2 is 2.07 bits per heavy atom. The Morgan fingerprint density at radius 1 is 1.37 bits per heavy atom. The first-order chi connectivity index (χ1) is 12.7. The third-order valence-electron chi connectivity index (χ3n) is 4.51. The molecule has 2 aliphatic rings. The summed E-state index contributed by atoms with van der Waals surface area (Å²) in [7, 11) is -1.70. The number of benzene rings is 1. The first kappa shape index (κ1) is 19.6.